The Morgan fingerprint density at radius 3 is 2.94 bits per heavy atom. The van der Waals surface area contributed by atoms with Gasteiger partial charge in [0, 0.05) is 11.1 Å². The van der Waals surface area contributed by atoms with Crippen LogP contribution in [0.3, 0.4) is 0 Å². The number of halogens is 2. The summed E-state index contributed by atoms with van der Waals surface area (Å²) in [6.07, 6.45) is 0.521. The quantitative estimate of drug-likeness (QED) is 0.878. The van der Waals surface area contributed by atoms with Gasteiger partial charge in [-0.05, 0) is 24.6 Å². The van der Waals surface area contributed by atoms with Gasteiger partial charge < -0.3 is 15.8 Å². The van der Waals surface area contributed by atoms with Crippen molar-refractivity contribution in [3.8, 4) is 0 Å². The molecule has 92 valence electrons. The highest BCUT2D eigenvalue weighted by atomic mass is 79.9. The van der Waals surface area contributed by atoms with E-state index in [-0.39, 0.29) is 12.5 Å². The fraction of sp³-hybridized carbons (Fsp3) is 0.364. The average Bonchev–Trinajstić information content (AvgIpc) is 2.71. The Hall–Kier alpha value is -0.620. The van der Waals surface area contributed by atoms with Crippen molar-refractivity contribution in [2.24, 2.45) is 5.73 Å². The summed E-state index contributed by atoms with van der Waals surface area (Å²) in [7, 11) is 0. The molecule has 0 bridgehead atoms. The van der Waals surface area contributed by atoms with Gasteiger partial charge in [-0.1, -0.05) is 27.5 Å². The molecule has 0 aliphatic carbocycles. The first-order valence-corrected chi connectivity index (χ1v) is 6.31. The minimum atomic E-state index is -0.948. The van der Waals surface area contributed by atoms with Crippen LogP contribution in [0.2, 0.25) is 5.02 Å². The number of hydrogen-bond donors (Lipinski definition) is 2. The van der Waals surface area contributed by atoms with Gasteiger partial charge in [0.1, 0.15) is 5.54 Å². The molecule has 6 heteroatoms. The van der Waals surface area contributed by atoms with E-state index in [9.17, 15) is 4.79 Å². The normalized spacial score (nSPS) is 23.7. The highest BCUT2D eigenvalue weighted by Crippen LogP contribution is 2.27. The molecule has 1 saturated heterocycles. The molecule has 2 rings (SSSR count). The Morgan fingerprint density at radius 2 is 2.35 bits per heavy atom. The van der Waals surface area contributed by atoms with Crippen LogP contribution in [0.1, 0.15) is 6.42 Å². The maximum Gasteiger partial charge on any atom is 0.246 e. The van der Waals surface area contributed by atoms with E-state index in [0.717, 1.165) is 4.47 Å². The highest BCUT2D eigenvalue weighted by Gasteiger charge is 2.38. The van der Waals surface area contributed by atoms with Gasteiger partial charge in [-0.15, -0.1) is 0 Å². The van der Waals surface area contributed by atoms with Gasteiger partial charge in [0.05, 0.1) is 17.3 Å². The second kappa shape index (κ2) is 4.94. The number of rotatable bonds is 2. The molecule has 1 unspecified atom stereocenters. The van der Waals surface area contributed by atoms with Gasteiger partial charge in [-0.3, -0.25) is 4.79 Å². The minimum absolute atomic E-state index is 0.243. The van der Waals surface area contributed by atoms with Crippen LogP contribution in [0.25, 0.3) is 0 Å². The predicted octanol–water partition coefficient (Wildman–Crippen LogP) is 2.16. The third kappa shape index (κ3) is 2.80. The lowest BCUT2D eigenvalue weighted by Crippen LogP contribution is -2.51. The molecule has 0 radical (unpaired) electrons. The van der Waals surface area contributed by atoms with Crippen molar-refractivity contribution < 1.29 is 9.53 Å². The average molecular weight is 320 g/mol. The maximum absolute atomic E-state index is 12.0. The predicted molar refractivity (Wildman–Crippen MR) is 70.1 cm³/mol. The summed E-state index contributed by atoms with van der Waals surface area (Å²) in [5.41, 5.74) is 5.55. The molecule has 0 saturated carbocycles. The van der Waals surface area contributed by atoms with Crippen LogP contribution < -0.4 is 11.1 Å². The van der Waals surface area contributed by atoms with Crippen LogP contribution in [0, 0.1) is 0 Å². The van der Waals surface area contributed by atoms with Crippen molar-refractivity contribution in [1.82, 2.24) is 0 Å². The van der Waals surface area contributed by atoms with Crippen LogP contribution in [0.15, 0.2) is 22.7 Å². The van der Waals surface area contributed by atoms with E-state index in [2.05, 4.69) is 21.2 Å². The van der Waals surface area contributed by atoms with Crippen molar-refractivity contribution in [2.45, 2.75) is 12.0 Å². The van der Waals surface area contributed by atoms with Crippen LogP contribution in [-0.4, -0.2) is 24.7 Å². The summed E-state index contributed by atoms with van der Waals surface area (Å²) in [5, 5.41) is 3.19. The fourth-order valence-corrected chi connectivity index (χ4v) is 2.32. The van der Waals surface area contributed by atoms with Crippen molar-refractivity contribution in [3.05, 3.63) is 27.7 Å². The van der Waals surface area contributed by atoms with Gasteiger partial charge in [0.15, 0.2) is 0 Å². The van der Waals surface area contributed by atoms with Gasteiger partial charge in [0.2, 0.25) is 5.91 Å². The standard InChI is InChI=1S/C11H12BrClN2O2/c12-7-1-2-9(8(13)5-7)15-10(16)11(14)3-4-17-6-11/h1-2,5H,3-4,6,14H2,(H,15,16). The Morgan fingerprint density at radius 1 is 1.59 bits per heavy atom. The summed E-state index contributed by atoms with van der Waals surface area (Å²) < 4.78 is 6.00. The van der Waals surface area contributed by atoms with E-state index in [1.54, 1.807) is 18.2 Å². The summed E-state index contributed by atoms with van der Waals surface area (Å²) in [4.78, 5) is 12.0. The van der Waals surface area contributed by atoms with Crippen LogP contribution in [0.5, 0.6) is 0 Å². The van der Waals surface area contributed by atoms with Gasteiger partial charge in [-0.2, -0.15) is 0 Å². The molecule has 1 aromatic carbocycles. The number of anilines is 1. The number of carbonyl (C=O) groups is 1. The SMILES string of the molecule is NC1(C(=O)Nc2ccc(Br)cc2Cl)CCOC1. The smallest absolute Gasteiger partial charge is 0.246 e. The topological polar surface area (TPSA) is 64.4 Å². The van der Waals surface area contributed by atoms with E-state index in [1.807, 2.05) is 0 Å². The van der Waals surface area contributed by atoms with E-state index in [0.29, 0.717) is 23.7 Å². The summed E-state index contributed by atoms with van der Waals surface area (Å²) >= 11 is 9.31. The van der Waals surface area contributed by atoms with E-state index < -0.39 is 5.54 Å². The first-order chi connectivity index (χ1) is 8.01. The minimum Gasteiger partial charge on any atom is -0.379 e. The van der Waals surface area contributed by atoms with Crippen molar-refractivity contribution in [1.29, 1.82) is 0 Å². The number of hydrogen-bond acceptors (Lipinski definition) is 3. The number of benzene rings is 1. The summed E-state index contributed by atoms with van der Waals surface area (Å²) in [6.45, 7) is 0.755. The zero-order valence-electron chi connectivity index (χ0n) is 9.00. The van der Waals surface area contributed by atoms with Gasteiger partial charge in [-0.25, -0.2) is 0 Å². The lowest BCUT2D eigenvalue weighted by molar-refractivity contribution is -0.121. The molecule has 17 heavy (non-hydrogen) atoms. The van der Waals surface area contributed by atoms with Gasteiger partial charge in [0.25, 0.3) is 0 Å². The number of carbonyl (C=O) groups excluding carboxylic acids is 1. The molecular weight excluding hydrogens is 307 g/mol. The second-order valence-electron chi connectivity index (χ2n) is 4.04. The van der Waals surface area contributed by atoms with Crippen molar-refractivity contribution >= 4 is 39.1 Å². The molecule has 1 heterocycles. The van der Waals surface area contributed by atoms with Gasteiger partial charge >= 0.3 is 0 Å². The number of ether oxygens (including phenoxy) is 1. The summed E-state index contributed by atoms with van der Waals surface area (Å²) in [6, 6.07) is 5.24. The second-order valence-corrected chi connectivity index (χ2v) is 5.36. The lowest BCUT2D eigenvalue weighted by Gasteiger charge is -2.21. The summed E-state index contributed by atoms with van der Waals surface area (Å²) in [5.74, 6) is -0.265. The van der Waals surface area contributed by atoms with E-state index >= 15 is 0 Å². The van der Waals surface area contributed by atoms with Crippen molar-refractivity contribution in [3.63, 3.8) is 0 Å². The Labute approximate surface area is 113 Å². The molecule has 1 amide bonds. The molecule has 1 atom stereocenters. The first-order valence-electron chi connectivity index (χ1n) is 5.14. The Balaban J connectivity index is 2.13. The zero-order valence-corrected chi connectivity index (χ0v) is 11.3. The monoisotopic (exact) mass is 318 g/mol. The number of nitrogens with one attached hydrogen (secondary N) is 1. The maximum atomic E-state index is 12.0. The molecule has 0 spiro atoms. The largest absolute Gasteiger partial charge is 0.379 e. The van der Waals surface area contributed by atoms with Crippen molar-refractivity contribution in [2.75, 3.05) is 18.5 Å². The first kappa shape index (κ1) is 12.8. The fourth-order valence-electron chi connectivity index (χ4n) is 1.60. The number of amides is 1. The van der Waals surface area contributed by atoms with Crippen LogP contribution in [0.4, 0.5) is 5.69 Å². The third-order valence-electron chi connectivity index (χ3n) is 2.68. The highest BCUT2D eigenvalue weighted by molar-refractivity contribution is 9.10. The molecule has 1 aliphatic heterocycles. The Kier molecular flexibility index (Phi) is 3.73. The number of nitrogens with two attached hydrogens (primary N) is 1. The molecule has 3 N–H and O–H groups in total. The van der Waals surface area contributed by atoms with E-state index in [4.69, 9.17) is 22.1 Å². The molecule has 1 fully saturated rings. The zero-order chi connectivity index (χ0) is 12.5. The Bertz CT molecular complexity index is 447. The van der Waals surface area contributed by atoms with E-state index in [1.165, 1.54) is 0 Å². The lowest BCUT2D eigenvalue weighted by atomic mass is 9.99. The molecule has 0 aromatic heterocycles. The molecule has 1 aliphatic rings. The molecule has 4 nitrogen and oxygen atoms in total. The molecular formula is C11H12BrClN2O2. The third-order valence-corrected chi connectivity index (χ3v) is 3.49. The molecule has 1 aromatic rings. The van der Waals surface area contributed by atoms with Crippen LogP contribution >= 0.6 is 27.5 Å². The van der Waals surface area contributed by atoms with Crippen LogP contribution in [-0.2, 0) is 9.53 Å².